The fourth-order valence-electron chi connectivity index (χ4n) is 4.43. The molecule has 1 atom stereocenters. The van der Waals surface area contributed by atoms with Crippen LogP contribution in [0.5, 0.6) is 17.2 Å². The zero-order valence-electron chi connectivity index (χ0n) is 23.0. The molecule has 0 bridgehead atoms. The van der Waals surface area contributed by atoms with E-state index in [0.29, 0.717) is 23.8 Å². The number of hydrogen-bond donors (Lipinski definition) is 2. The Morgan fingerprint density at radius 1 is 0.949 bits per heavy atom. The Bertz CT molecular complexity index is 1370. The number of aryl methyl sites for hydroxylation is 1. The third-order valence-corrected chi connectivity index (χ3v) is 6.97. The van der Waals surface area contributed by atoms with E-state index in [1.165, 1.54) is 37.0 Å². The van der Waals surface area contributed by atoms with E-state index in [-0.39, 0.29) is 30.4 Å². The van der Waals surface area contributed by atoms with Crippen molar-refractivity contribution >= 4 is 17.7 Å². The summed E-state index contributed by atoms with van der Waals surface area (Å²) in [6.07, 6.45) is 0. The Hall–Kier alpha value is -4.54. The van der Waals surface area contributed by atoms with E-state index in [0.717, 1.165) is 16.7 Å². The first-order valence-corrected chi connectivity index (χ1v) is 12.4. The minimum atomic E-state index is -1.19. The highest BCUT2D eigenvalue weighted by Crippen LogP contribution is 2.38. The van der Waals surface area contributed by atoms with Gasteiger partial charge in [-0.05, 0) is 37.1 Å². The number of likely N-dealkylation sites (N-methyl/N-ethyl adjacent to an activating group) is 1. The highest BCUT2D eigenvalue weighted by molar-refractivity contribution is 6.01. The van der Waals surface area contributed by atoms with Gasteiger partial charge in [0.25, 0.3) is 11.8 Å². The highest BCUT2D eigenvalue weighted by Gasteiger charge is 2.46. The van der Waals surface area contributed by atoms with Crippen LogP contribution in [0.15, 0.2) is 42.5 Å². The molecule has 2 N–H and O–H groups in total. The molecule has 206 valence electrons. The smallest absolute Gasteiger partial charge is 0.272 e. The largest absolute Gasteiger partial charge is 0.493 e. The van der Waals surface area contributed by atoms with E-state index in [1.54, 1.807) is 26.1 Å². The van der Waals surface area contributed by atoms with E-state index in [1.807, 2.05) is 31.2 Å². The van der Waals surface area contributed by atoms with Gasteiger partial charge in [-0.1, -0.05) is 29.8 Å². The van der Waals surface area contributed by atoms with E-state index in [4.69, 9.17) is 14.2 Å². The van der Waals surface area contributed by atoms with Crippen molar-refractivity contribution in [3.63, 3.8) is 0 Å². The molecule has 2 heterocycles. The summed E-state index contributed by atoms with van der Waals surface area (Å²) in [7, 11) is 6.12. The SMILES string of the molecule is COc1cc(CNC(=O)c2cc3n(n2)C[C@](C)(C(=O)NCc2ccc(C)cc2)N(C)C3=O)cc(OC)c1OC. The van der Waals surface area contributed by atoms with Crippen molar-refractivity contribution in [2.24, 2.45) is 0 Å². The van der Waals surface area contributed by atoms with Gasteiger partial charge in [0.2, 0.25) is 11.7 Å². The van der Waals surface area contributed by atoms with Crippen LogP contribution < -0.4 is 24.8 Å². The lowest BCUT2D eigenvalue weighted by atomic mass is 9.95. The summed E-state index contributed by atoms with van der Waals surface area (Å²) < 4.78 is 17.5. The maximum atomic E-state index is 13.2. The van der Waals surface area contributed by atoms with E-state index in [2.05, 4.69) is 15.7 Å². The standard InChI is InChI=1S/C28H33N5O6/c1-17-7-9-18(10-8-17)14-30-27(36)28(2)16-33-21(26(35)32(28)3)13-20(31-33)25(34)29-15-19-11-22(37-4)24(39-6)23(12-19)38-5/h7-13H,14-16H2,1-6H3,(H,29,34)(H,30,36)/t28-/m1/s1. The van der Waals surface area contributed by atoms with E-state index >= 15 is 0 Å². The van der Waals surface area contributed by atoms with Crippen molar-refractivity contribution in [1.82, 2.24) is 25.3 Å². The number of carbonyl (C=O) groups is 3. The fraction of sp³-hybridized carbons (Fsp3) is 0.357. The number of benzene rings is 2. The molecule has 3 amide bonds. The molecule has 0 unspecified atom stereocenters. The van der Waals surface area contributed by atoms with Gasteiger partial charge in [-0.2, -0.15) is 5.10 Å². The van der Waals surface area contributed by atoms with Crippen molar-refractivity contribution in [3.05, 3.63) is 70.5 Å². The topological polar surface area (TPSA) is 124 Å². The van der Waals surface area contributed by atoms with Crippen LogP contribution in [-0.4, -0.2) is 66.3 Å². The van der Waals surface area contributed by atoms with Crippen LogP contribution in [0.4, 0.5) is 0 Å². The van der Waals surface area contributed by atoms with Gasteiger partial charge in [0.15, 0.2) is 17.2 Å². The molecule has 11 nitrogen and oxygen atoms in total. The quantitative estimate of drug-likeness (QED) is 0.431. The third-order valence-electron chi connectivity index (χ3n) is 6.97. The number of aromatic nitrogens is 2. The molecule has 4 rings (SSSR count). The first-order chi connectivity index (χ1) is 18.6. The van der Waals surface area contributed by atoms with Crippen molar-refractivity contribution in [2.75, 3.05) is 28.4 Å². The maximum absolute atomic E-state index is 13.2. The molecule has 11 heteroatoms. The number of ether oxygens (including phenoxy) is 3. The Balaban J connectivity index is 1.47. The molecule has 1 aliphatic rings. The predicted molar refractivity (Wildman–Crippen MR) is 143 cm³/mol. The number of amides is 3. The van der Waals surface area contributed by atoms with Gasteiger partial charge >= 0.3 is 0 Å². The van der Waals surface area contributed by atoms with E-state index < -0.39 is 17.4 Å². The minimum absolute atomic E-state index is 0.0727. The van der Waals surface area contributed by atoms with Crippen molar-refractivity contribution in [2.45, 2.75) is 39.0 Å². The van der Waals surface area contributed by atoms with Gasteiger partial charge in [0.05, 0.1) is 27.9 Å². The van der Waals surface area contributed by atoms with Gasteiger partial charge in [-0.15, -0.1) is 0 Å². The second-order valence-corrected chi connectivity index (χ2v) is 9.60. The van der Waals surface area contributed by atoms with Gasteiger partial charge in [-0.25, -0.2) is 0 Å². The monoisotopic (exact) mass is 535 g/mol. The number of rotatable bonds is 9. The molecule has 39 heavy (non-hydrogen) atoms. The summed E-state index contributed by atoms with van der Waals surface area (Å²) in [6, 6.07) is 12.8. The molecule has 1 aliphatic heterocycles. The predicted octanol–water partition coefficient (Wildman–Crippen LogP) is 2.31. The second kappa shape index (κ2) is 11.1. The lowest BCUT2D eigenvalue weighted by Crippen LogP contribution is -2.62. The van der Waals surface area contributed by atoms with Crippen molar-refractivity contribution in [3.8, 4) is 17.2 Å². The highest BCUT2D eigenvalue weighted by atomic mass is 16.5. The molecule has 0 saturated carbocycles. The number of fused-ring (bicyclic) bond motifs is 1. The van der Waals surface area contributed by atoms with Crippen LogP contribution in [0.3, 0.4) is 0 Å². The van der Waals surface area contributed by atoms with Gasteiger partial charge in [0.1, 0.15) is 11.2 Å². The van der Waals surface area contributed by atoms with Crippen LogP contribution in [0.1, 0.15) is 44.6 Å². The summed E-state index contributed by atoms with van der Waals surface area (Å²) in [5.41, 5.74) is 1.92. The summed E-state index contributed by atoms with van der Waals surface area (Å²) in [5, 5.41) is 10.1. The first-order valence-electron chi connectivity index (χ1n) is 12.4. The summed E-state index contributed by atoms with van der Waals surface area (Å²) in [4.78, 5) is 40.8. The normalized spacial score (nSPS) is 16.4. The zero-order valence-corrected chi connectivity index (χ0v) is 23.0. The van der Waals surface area contributed by atoms with Gasteiger partial charge in [-0.3, -0.25) is 19.1 Å². The average molecular weight is 536 g/mol. The fourth-order valence-corrected chi connectivity index (χ4v) is 4.43. The zero-order chi connectivity index (χ0) is 28.3. The number of hydrogen-bond acceptors (Lipinski definition) is 7. The molecule has 0 saturated heterocycles. The van der Waals surface area contributed by atoms with Crippen molar-refractivity contribution in [1.29, 1.82) is 0 Å². The van der Waals surface area contributed by atoms with Crippen LogP contribution in [0, 0.1) is 6.92 Å². The summed E-state index contributed by atoms with van der Waals surface area (Å²) in [5.74, 6) is 0.204. The minimum Gasteiger partial charge on any atom is -0.493 e. The van der Waals surface area contributed by atoms with Gasteiger partial charge in [0, 0.05) is 26.2 Å². The number of methoxy groups -OCH3 is 3. The number of nitrogens with one attached hydrogen (secondary N) is 2. The molecule has 0 spiro atoms. The van der Waals surface area contributed by atoms with Crippen LogP contribution in [0.25, 0.3) is 0 Å². The number of carbonyl (C=O) groups excluding carboxylic acids is 3. The Morgan fingerprint density at radius 2 is 1.56 bits per heavy atom. The van der Waals surface area contributed by atoms with Gasteiger partial charge < -0.3 is 29.7 Å². The molecular weight excluding hydrogens is 502 g/mol. The number of nitrogens with zero attached hydrogens (tertiary/aromatic N) is 3. The van der Waals surface area contributed by atoms with E-state index in [9.17, 15) is 14.4 Å². The molecule has 2 aromatic carbocycles. The molecular formula is C28H33N5O6. The average Bonchev–Trinajstić information content (AvgIpc) is 3.37. The summed E-state index contributed by atoms with van der Waals surface area (Å²) in [6.45, 7) is 4.27. The molecule has 0 aliphatic carbocycles. The second-order valence-electron chi connectivity index (χ2n) is 9.60. The molecule has 1 aromatic heterocycles. The van der Waals surface area contributed by atoms with Crippen LogP contribution >= 0.6 is 0 Å². The first kappa shape index (κ1) is 27.5. The lowest BCUT2D eigenvalue weighted by Gasteiger charge is -2.40. The molecule has 0 radical (unpaired) electrons. The Morgan fingerprint density at radius 3 is 2.15 bits per heavy atom. The Kier molecular flexibility index (Phi) is 7.80. The third kappa shape index (κ3) is 5.38. The van der Waals surface area contributed by atoms with Crippen LogP contribution in [-0.2, 0) is 24.4 Å². The van der Waals surface area contributed by atoms with Crippen molar-refractivity contribution < 1.29 is 28.6 Å². The maximum Gasteiger partial charge on any atom is 0.272 e. The van der Waals surface area contributed by atoms with Crippen LogP contribution in [0.2, 0.25) is 0 Å². The molecule has 0 fully saturated rings. The summed E-state index contributed by atoms with van der Waals surface area (Å²) >= 11 is 0. The lowest BCUT2D eigenvalue weighted by molar-refractivity contribution is -0.132. The molecule has 3 aromatic rings. The Labute approximate surface area is 227 Å².